The first kappa shape index (κ1) is 50.2. The number of carbonyl (C=O) groups excluding carboxylic acids is 6. The lowest BCUT2D eigenvalue weighted by Crippen LogP contribution is -2.81. The Morgan fingerprint density at radius 2 is 1.48 bits per heavy atom. The van der Waals surface area contributed by atoms with Crippen LogP contribution in [0.3, 0.4) is 0 Å². The van der Waals surface area contributed by atoms with E-state index >= 15 is 14.4 Å². The van der Waals surface area contributed by atoms with Crippen LogP contribution in [-0.4, -0.2) is 96.7 Å². The third-order valence-electron chi connectivity index (χ3n) is 15.8. The van der Waals surface area contributed by atoms with Gasteiger partial charge in [-0.05, 0) is 68.9 Å². The summed E-state index contributed by atoms with van der Waals surface area (Å²) < 4.78 is 38.2. The zero-order valence-electron chi connectivity index (χ0n) is 40.6. The Morgan fingerprint density at radius 1 is 0.892 bits per heavy atom. The average molecular weight is 919 g/mol. The van der Waals surface area contributed by atoms with Gasteiger partial charge >= 0.3 is 23.9 Å². The van der Waals surface area contributed by atoms with E-state index in [-0.39, 0.29) is 31.4 Å². The third kappa shape index (κ3) is 8.89. The molecule has 0 amide bonds. The number of rotatable bonds is 11. The number of hydrogen-bond acceptors (Lipinski definition) is 13. The number of esters is 4. The fraction of sp³-hybridized carbons (Fsp3) is 0.647. The van der Waals surface area contributed by atoms with E-state index < -0.39 is 130 Å². The van der Waals surface area contributed by atoms with E-state index in [1.54, 1.807) is 90.9 Å². The number of ketones is 2. The van der Waals surface area contributed by atoms with Crippen LogP contribution >= 0.6 is 0 Å². The van der Waals surface area contributed by atoms with Gasteiger partial charge in [-0.2, -0.15) is 0 Å². The number of carbonyl (C=O) groups is 6. The van der Waals surface area contributed by atoms with E-state index in [1.807, 2.05) is 59.0 Å². The monoisotopic (exact) mass is 918 g/mol. The van der Waals surface area contributed by atoms with Gasteiger partial charge in [-0.3, -0.25) is 19.2 Å². The Kier molecular flexibility index (Phi) is 13.5. The molecule has 356 valence electrons. The van der Waals surface area contributed by atoms with E-state index in [9.17, 15) is 19.5 Å². The van der Waals surface area contributed by atoms with Crippen molar-refractivity contribution in [1.82, 2.24) is 0 Å². The summed E-state index contributed by atoms with van der Waals surface area (Å²) in [4.78, 5) is 87.0. The summed E-state index contributed by atoms with van der Waals surface area (Å²) in [6.45, 7) is 24.9. The fourth-order valence-electron chi connectivity index (χ4n) is 11.0. The van der Waals surface area contributed by atoms with Crippen LogP contribution in [-0.2, 0) is 52.1 Å². The lowest BCUT2D eigenvalue weighted by Gasteiger charge is -2.68. The highest BCUT2D eigenvalue weighted by Gasteiger charge is 2.78. The van der Waals surface area contributed by atoms with E-state index in [1.165, 1.54) is 6.92 Å². The van der Waals surface area contributed by atoms with Crippen molar-refractivity contribution in [2.24, 2.45) is 34.5 Å². The maximum atomic E-state index is 15.3. The van der Waals surface area contributed by atoms with Crippen molar-refractivity contribution in [3.8, 4) is 0 Å². The van der Waals surface area contributed by atoms with Crippen LogP contribution in [0.5, 0.6) is 0 Å². The molecular weight excluding hydrogens is 849 g/mol. The van der Waals surface area contributed by atoms with Crippen LogP contribution < -0.4 is 0 Å². The van der Waals surface area contributed by atoms with Gasteiger partial charge in [0, 0.05) is 41.9 Å². The van der Waals surface area contributed by atoms with Crippen molar-refractivity contribution in [1.29, 1.82) is 0 Å². The molecule has 2 bridgehead atoms. The minimum Gasteiger partial charge on any atom is -0.460 e. The van der Waals surface area contributed by atoms with Crippen LogP contribution in [0.15, 0.2) is 60.7 Å². The highest BCUT2D eigenvalue weighted by atomic mass is 28.4. The van der Waals surface area contributed by atoms with Crippen molar-refractivity contribution < 1.29 is 62.0 Å². The number of fused-ring (bicyclic) bond motifs is 5. The SMILES string of the molecule is CC(=O)OC12COC1CC(C)C1(C)C(=O)C(=O)C3C(C)C(OC(=O)C(O[Si](C)(C)C(C)(C)C)C(CC(=O)OC(C)(C)C)c4ccccc4)CC(O)(C(OC(=O)c4ccccc4)C21)C3(C)C. The molecule has 0 spiro atoms. The number of benzene rings is 2. The summed E-state index contributed by atoms with van der Waals surface area (Å²) in [6.07, 6.45) is -5.31. The molecule has 14 heteroatoms. The maximum Gasteiger partial charge on any atom is 0.338 e. The lowest BCUT2D eigenvalue weighted by atomic mass is 9.41. The standard InChI is InChI=1S/C51H70O13Si/c1-29-25-36-50(28-59-36,62-31(3)52)41-43(61-44(56)33-23-19-16-20-24-33)51(58)27-35(30(2)38(48(51,10)11)39(54)42(55)49(29,41)12)60-45(57)40(64-65(13,14)47(7,8)9)34(32-21-17-15-18-22-32)26-37(53)63-46(4,5)6/h15-24,29-30,34-36,38,40-41,43,58H,25-28H2,1-14H3. The molecule has 0 aromatic heterocycles. The molecule has 3 aliphatic carbocycles. The minimum atomic E-state index is -2.84. The van der Waals surface area contributed by atoms with Crippen LogP contribution in [0.1, 0.15) is 124 Å². The first-order valence-corrected chi connectivity index (χ1v) is 25.9. The number of Topliss-reactive ketones (excluding diaryl/α,β-unsaturated/α-hetero) is 2. The van der Waals surface area contributed by atoms with Crippen molar-refractivity contribution in [3.05, 3.63) is 71.8 Å². The fourth-order valence-corrected chi connectivity index (χ4v) is 12.3. The third-order valence-corrected chi connectivity index (χ3v) is 20.3. The molecule has 1 saturated heterocycles. The predicted molar refractivity (Wildman–Crippen MR) is 243 cm³/mol. The molecule has 12 atom stereocenters. The van der Waals surface area contributed by atoms with Crippen molar-refractivity contribution in [2.75, 3.05) is 6.61 Å². The molecule has 2 aromatic carbocycles. The van der Waals surface area contributed by atoms with E-state index in [0.29, 0.717) is 5.56 Å². The van der Waals surface area contributed by atoms with Gasteiger partial charge < -0.3 is 33.2 Å². The van der Waals surface area contributed by atoms with E-state index in [0.717, 1.165) is 0 Å². The van der Waals surface area contributed by atoms with Crippen molar-refractivity contribution in [2.45, 2.75) is 168 Å². The van der Waals surface area contributed by atoms with Gasteiger partial charge in [-0.15, -0.1) is 0 Å². The summed E-state index contributed by atoms with van der Waals surface area (Å²) in [7, 11) is -2.84. The topological polar surface area (TPSA) is 178 Å². The van der Waals surface area contributed by atoms with Crippen LogP contribution in [0.4, 0.5) is 0 Å². The average Bonchev–Trinajstić information content (AvgIpc) is 3.20. The molecule has 12 unspecified atom stereocenters. The Balaban J connectivity index is 1.53. The summed E-state index contributed by atoms with van der Waals surface area (Å²) in [5, 5.41) is 13.5. The first-order chi connectivity index (χ1) is 29.9. The van der Waals surface area contributed by atoms with Gasteiger partial charge in [-0.1, -0.05) is 104 Å². The maximum absolute atomic E-state index is 15.3. The van der Waals surface area contributed by atoms with Gasteiger partial charge in [0.15, 0.2) is 20.0 Å². The highest BCUT2D eigenvalue weighted by molar-refractivity contribution is 6.74. The Bertz CT molecular complexity index is 2160. The van der Waals surface area contributed by atoms with Crippen LogP contribution in [0.25, 0.3) is 0 Å². The summed E-state index contributed by atoms with van der Waals surface area (Å²) in [6, 6.07) is 17.3. The largest absolute Gasteiger partial charge is 0.460 e. The molecule has 6 rings (SSSR count). The van der Waals surface area contributed by atoms with Gasteiger partial charge in [0.25, 0.3) is 0 Å². The number of ether oxygens (including phenoxy) is 5. The predicted octanol–water partition coefficient (Wildman–Crippen LogP) is 7.96. The van der Waals surface area contributed by atoms with Crippen molar-refractivity contribution in [3.63, 3.8) is 0 Å². The molecule has 4 fully saturated rings. The molecular formula is C51H70O13Si. The van der Waals surface area contributed by atoms with E-state index in [2.05, 4.69) is 0 Å². The molecule has 4 aliphatic rings. The Labute approximate surface area is 385 Å². The van der Waals surface area contributed by atoms with Crippen LogP contribution in [0.2, 0.25) is 18.1 Å². The van der Waals surface area contributed by atoms with Crippen LogP contribution in [0, 0.1) is 34.5 Å². The second-order valence-electron chi connectivity index (χ2n) is 22.4. The second kappa shape index (κ2) is 17.4. The molecule has 3 saturated carbocycles. The van der Waals surface area contributed by atoms with Gasteiger partial charge in [0.2, 0.25) is 11.6 Å². The molecule has 1 heterocycles. The van der Waals surface area contributed by atoms with Gasteiger partial charge in [0.05, 0.1) is 24.5 Å². The quantitative estimate of drug-likeness (QED) is 0.0995. The van der Waals surface area contributed by atoms with E-state index in [4.69, 9.17) is 28.1 Å². The summed E-state index contributed by atoms with van der Waals surface area (Å²) in [5.41, 5.74) is -6.94. The highest BCUT2D eigenvalue weighted by Crippen LogP contribution is 2.65. The molecule has 13 nitrogen and oxygen atoms in total. The molecule has 0 radical (unpaired) electrons. The molecule has 2 aromatic rings. The smallest absolute Gasteiger partial charge is 0.338 e. The molecule has 1 N–H and O–H groups in total. The minimum absolute atomic E-state index is 0.165. The number of aliphatic hydroxyl groups is 1. The molecule has 1 aliphatic heterocycles. The van der Waals surface area contributed by atoms with Gasteiger partial charge in [0.1, 0.15) is 29.5 Å². The van der Waals surface area contributed by atoms with Gasteiger partial charge in [-0.25, -0.2) is 9.59 Å². The lowest BCUT2D eigenvalue weighted by molar-refractivity contribution is -0.344. The number of hydrogen-bond donors (Lipinski definition) is 1. The molecule has 65 heavy (non-hydrogen) atoms. The zero-order chi connectivity index (χ0) is 48.5. The summed E-state index contributed by atoms with van der Waals surface area (Å²) >= 11 is 0. The summed E-state index contributed by atoms with van der Waals surface area (Å²) in [5.74, 6) is -9.24. The van der Waals surface area contributed by atoms with Crippen molar-refractivity contribution >= 4 is 43.8 Å². The zero-order valence-corrected chi connectivity index (χ0v) is 41.6. The second-order valence-corrected chi connectivity index (χ2v) is 27.2. The Morgan fingerprint density at radius 3 is 2.00 bits per heavy atom. The first-order valence-electron chi connectivity index (χ1n) is 23.0. The Hall–Kier alpha value is -4.24. The normalized spacial score (nSPS) is 33.1.